The summed E-state index contributed by atoms with van der Waals surface area (Å²) >= 11 is 3.29. The van der Waals surface area contributed by atoms with E-state index in [0.29, 0.717) is 11.0 Å². The lowest BCUT2D eigenvalue weighted by atomic mass is 10.1. The van der Waals surface area contributed by atoms with E-state index >= 15 is 0 Å². The summed E-state index contributed by atoms with van der Waals surface area (Å²) in [6.45, 7) is 2.28. The molecule has 0 saturated heterocycles. The van der Waals surface area contributed by atoms with Gasteiger partial charge in [-0.05, 0) is 18.6 Å². The van der Waals surface area contributed by atoms with Crippen LogP contribution in [0.5, 0.6) is 5.75 Å². The SMILES string of the molecule is CONCc1c(C)c(Br)cc(F)c1OC. The zero-order valence-electron chi connectivity index (χ0n) is 8.86. The molecule has 0 radical (unpaired) electrons. The van der Waals surface area contributed by atoms with Gasteiger partial charge < -0.3 is 9.57 Å². The molecule has 84 valence electrons. The molecule has 0 aliphatic heterocycles. The van der Waals surface area contributed by atoms with Crippen LogP contribution >= 0.6 is 15.9 Å². The summed E-state index contributed by atoms with van der Waals surface area (Å²) < 4.78 is 19.2. The molecule has 0 atom stereocenters. The third kappa shape index (κ3) is 2.68. The molecule has 0 bridgehead atoms. The predicted octanol–water partition coefficient (Wildman–Crippen LogP) is 2.56. The van der Waals surface area contributed by atoms with Gasteiger partial charge >= 0.3 is 0 Å². The first kappa shape index (κ1) is 12.4. The van der Waals surface area contributed by atoms with Gasteiger partial charge in [-0.25, -0.2) is 4.39 Å². The average Bonchev–Trinajstić information content (AvgIpc) is 2.21. The fourth-order valence-corrected chi connectivity index (χ4v) is 1.76. The molecule has 0 aliphatic carbocycles. The third-order valence-electron chi connectivity index (χ3n) is 2.15. The Kier molecular flexibility index (Phi) is 4.50. The van der Waals surface area contributed by atoms with Crippen molar-refractivity contribution in [2.75, 3.05) is 14.2 Å². The first-order valence-electron chi connectivity index (χ1n) is 4.39. The number of hydrogen-bond acceptors (Lipinski definition) is 3. The van der Waals surface area contributed by atoms with Crippen molar-refractivity contribution in [1.29, 1.82) is 0 Å². The van der Waals surface area contributed by atoms with Gasteiger partial charge in [0.05, 0.1) is 20.8 Å². The fraction of sp³-hybridized carbons (Fsp3) is 0.400. The lowest BCUT2D eigenvalue weighted by molar-refractivity contribution is 0.0858. The number of hydroxylamine groups is 1. The molecular weight excluding hydrogens is 265 g/mol. The van der Waals surface area contributed by atoms with Gasteiger partial charge in [-0.3, -0.25) is 0 Å². The Balaban J connectivity index is 3.18. The van der Waals surface area contributed by atoms with E-state index in [4.69, 9.17) is 9.57 Å². The highest BCUT2D eigenvalue weighted by atomic mass is 79.9. The molecule has 0 spiro atoms. The molecular formula is C10H13BrFNO2. The van der Waals surface area contributed by atoms with Gasteiger partial charge in [0.25, 0.3) is 0 Å². The number of ether oxygens (including phenoxy) is 1. The van der Waals surface area contributed by atoms with Crippen molar-refractivity contribution in [2.24, 2.45) is 0 Å². The Morgan fingerprint density at radius 2 is 2.13 bits per heavy atom. The van der Waals surface area contributed by atoms with Gasteiger partial charge in [-0.15, -0.1) is 0 Å². The highest BCUT2D eigenvalue weighted by Gasteiger charge is 2.14. The van der Waals surface area contributed by atoms with Crippen LogP contribution in [0.4, 0.5) is 4.39 Å². The van der Waals surface area contributed by atoms with Crippen LogP contribution in [0.25, 0.3) is 0 Å². The van der Waals surface area contributed by atoms with Crippen LogP contribution < -0.4 is 10.2 Å². The lowest BCUT2D eigenvalue weighted by Gasteiger charge is -2.14. The molecule has 0 amide bonds. The third-order valence-corrected chi connectivity index (χ3v) is 2.98. The second-order valence-corrected chi connectivity index (χ2v) is 3.86. The molecule has 1 aromatic carbocycles. The molecule has 0 saturated carbocycles. The van der Waals surface area contributed by atoms with Crippen LogP contribution in [-0.2, 0) is 11.4 Å². The summed E-state index contributed by atoms with van der Waals surface area (Å²) in [6.07, 6.45) is 0. The van der Waals surface area contributed by atoms with E-state index in [1.54, 1.807) is 0 Å². The average molecular weight is 278 g/mol. The number of rotatable bonds is 4. The van der Waals surface area contributed by atoms with Crippen LogP contribution in [0.3, 0.4) is 0 Å². The van der Waals surface area contributed by atoms with E-state index in [1.807, 2.05) is 6.92 Å². The quantitative estimate of drug-likeness (QED) is 0.859. The van der Waals surface area contributed by atoms with Crippen molar-refractivity contribution in [2.45, 2.75) is 13.5 Å². The van der Waals surface area contributed by atoms with E-state index < -0.39 is 0 Å². The number of hydrogen-bond donors (Lipinski definition) is 1. The molecule has 1 rings (SSSR count). The van der Waals surface area contributed by atoms with Gasteiger partial charge in [0.1, 0.15) is 0 Å². The predicted molar refractivity (Wildman–Crippen MR) is 59.2 cm³/mol. The van der Waals surface area contributed by atoms with Gasteiger partial charge in [0.15, 0.2) is 11.6 Å². The fourth-order valence-electron chi connectivity index (χ4n) is 1.32. The molecule has 0 heterocycles. The lowest BCUT2D eigenvalue weighted by Crippen LogP contribution is -2.13. The van der Waals surface area contributed by atoms with Crippen LogP contribution in [0.1, 0.15) is 11.1 Å². The van der Waals surface area contributed by atoms with Crippen molar-refractivity contribution >= 4 is 15.9 Å². The molecule has 15 heavy (non-hydrogen) atoms. The second-order valence-electron chi connectivity index (χ2n) is 3.00. The van der Waals surface area contributed by atoms with Crippen LogP contribution in [0.15, 0.2) is 10.5 Å². The maximum absolute atomic E-state index is 13.5. The summed E-state index contributed by atoms with van der Waals surface area (Å²) in [5.74, 6) is -0.136. The molecule has 5 heteroatoms. The first-order valence-corrected chi connectivity index (χ1v) is 5.18. The largest absolute Gasteiger partial charge is 0.493 e. The van der Waals surface area contributed by atoms with Crippen LogP contribution in [0, 0.1) is 12.7 Å². The minimum absolute atomic E-state index is 0.250. The van der Waals surface area contributed by atoms with E-state index in [-0.39, 0.29) is 11.6 Å². The maximum atomic E-state index is 13.5. The second kappa shape index (κ2) is 5.44. The first-order chi connectivity index (χ1) is 7.11. The molecule has 0 fully saturated rings. The van der Waals surface area contributed by atoms with Crippen molar-refractivity contribution in [3.8, 4) is 5.75 Å². The Hall–Kier alpha value is -0.650. The zero-order valence-corrected chi connectivity index (χ0v) is 10.4. The van der Waals surface area contributed by atoms with E-state index in [0.717, 1.165) is 11.1 Å². The Morgan fingerprint density at radius 1 is 1.47 bits per heavy atom. The Labute approximate surface area is 96.7 Å². The van der Waals surface area contributed by atoms with Gasteiger partial charge in [-0.2, -0.15) is 5.48 Å². The Bertz CT molecular complexity index is 358. The monoisotopic (exact) mass is 277 g/mol. The minimum atomic E-state index is -0.386. The Morgan fingerprint density at radius 3 is 2.67 bits per heavy atom. The summed E-state index contributed by atoms with van der Waals surface area (Å²) in [6, 6.07) is 1.39. The summed E-state index contributed by atoms with van der Waals surface area (Å²) in [7, 11) is 2.96. The standard InChI is InChI=1S/C10H13BrFNO2/c1-6-7(5-13-15-3)10(14-2)9(12)4-8(6)11/h4,13H,5H2,1-3H3. The molecule has 0 aliphatic rings. The van der Waals surface area contributed by atoms with Crippen molar-refractivity contribution in [3.05, 3.63) is 27.5 Å². The molecule has 1 N–H and O–H groups in total. The highest BCUT2D eigenvalue weighted by Crippen LogP contribution is 2.31. The minimum Gasteiger partial charge on any atom is -0.493 e. The number of halogens is 2. The highest BCUT2D eigenvalue weighted by molar-refractivity contribution is 9.10. The zero-order chi connectivity index (χ0) is 11.4. The van der Waals surface area contributed by atoms with E-state index in [9.17, 15) is 4.39 Å². The number of nitrogens with one attached hydrogen (secondary N) is 1. The van der Waals surface area contributed by atoms with E-state index in [2.05, 4.69) is 21.4 Å². The summed E-state index contributed by atoms with van der Waals surface area (Å²) in [5, 5.41) is 0. The van der Waals surface area contributed by atoms with Crippen molar-refractivity contribution < 1.29 is 14.0 Å². The van der Waals surface area contributed by atoms with Gasteiger partial charge in [0.2, 0.25) is 0 Å². The molecule has 1 aromatic rings. The van der Waals surface area contributed by atoms with E-state index in [1.165, 1.54) is 20.3 Å². The van der Waals surface area contributed by atoms with Gasteiger partial charge in [-0.1, -0.05) is 15.9 Å². The molecule has 0 aromatic heterocycles. The number of benzene rings is 1. The smallest absolute Gasteiger partial charge is 0.166 e. The van der Waals surface area contributed by atoms with Crippen molar-refractivity contribution in [1.82, 2.24) is 5.48 Å². The molecule has 0 unspecified atom stereocenters. The summed E-state index contributed by atoms with van der Waals surface area (Å²) in [4.78, 5) is 4.74. The van der Waals surface area contributed by atoms with Crippen LogP contribution in [0.2, 0.25) is 0 Å². The topological polar surface area (TPSA) is 30.5 Å². The molecule has 3 nitrogen and oxygen atoms in total. The maximum Gasteiger partial charge on any atom is 0.166 e. The number of methoxy groups -OCH3 is 1. The normalized spacial score (nSPS) is 10.5. The van der Waals surface area contributed by atoms with Gasteiger partial charge in [0, 0.05) is 10.0 Å². The van der Waals surface area contributed by atoms with Crippen LogP contribution in [-0.4, -0.2) is 14.2 Å². The van der Waals surface area contributed by atoms with Crippen molar-refractivity contribution in [3.63, 3.8) is 0 Å². The summed E-state index contributed by atoms with van der Waals surface area (Å²) in [5.41, 5.74) is 4.34.